The van der Waals surface area contributed by atoms with Gasteiger partial charge in [-0.1, -0.05) is 6.08 Å². The number of fused-ring (bicyclic) bond motifs is 1. The van der Waals surface area contributed by atoms with Crippen molar-refractivity contribution in [1.82, 2.24) is 19.7 Å². The Morgan fingerprint density at radius 3 is 2.59 bits per heavy atom. The first kappa shape index (κ1) is 14.3. The third-order valence-corrected chi connectivity index (χ3v) is 3.38. The highest BCUT2D eigenvalue weighted by Gasteiger charge is 2.32. The lowest BCUT2D eigenvalue weighted by atomic mass is 10.2. The third kappa shape index (κ3) is 2.47. The van der Waals surface area contributed by atoms with E-state index < -0.39 is 11.7 Å². The summed E-state index contributed by atoms with van der Waals surface area (Å²) >= 11 is 0. The number of nitrogens with zero attached hydrogens (tertiary/aromatic N) is 4. The summed E-state index contributed by atoms with van der Waals surface area (Å²) in [7, 11) is 0. The molecule has 3 rings (SSSR count). The van der Waals surface area contributed by atoms with Gasteiger partial charge in [-0.05, 0) is 25.1 Å². The van der Waals surface area contributed by atoms with Crippen molar-refractivity contribution in [3.05, 3.63) is 41.4 Å². The molecular formula is C14H11F3N4O. The molecule has 1 aliphatic rings. The van der Waals surface area contributed by atoms with Crippen molar-refractivity contribution in [3.8, 4) is 17.3 Å². The third-order valence-electron chi connectivity index (χ3n) is 3.38. The van der Waals surface area contributed by atoms with E-state index in [9.17, 15) is 13.2 Å². The second-order valence-corrected chi connectivity index (χ2v) is 4.78. The summed E-state index contributed by atoms with van der Waals surface area (Å²) < 4.78 is 39.9. The molecule has 2 aromatic rings. The van der Waals surface area contributed by atoms with Gasteiger partial charge in [0.05, 0.1) is 5.57 Å². The molecule has 0 aliphatic carbocycles. The fourth-order valence-electron chi connectivity index (χ4n) is 2.24. The van der Waals surface area contributed by atoms with Crippen LogP contribution in [0.1, 0.15) is 11.5 Å². The maximum atomic E-state index is 12.7. The van der Waals surface area contributed by atoms with E-state index >= 15 is 0 Å². The predicted octanol–water partition coefficient (Wildman–Crippen LogP) is 2.87. The van der Waals surface area contributed by atoms with Gasteiger partial charge in [-0.3, -0.25) is 0 Å². The molecule has 0 atom stereocenters. The fourth-order valence-corrected chi connectivity index (χ4v) is 2.24. The Hall–Kier alpha value is -2.64. The summed E-state index contributed by atoms with van der Waals surface area (Å²) in [6.45, 7) is 1.82. The van der Waals surface area contributed by atoms with Crippen molar-refractivity contribution in [2.75, 3.05) is 0 Å². The molecule has 1 aliphatic heterocycles. The van der Waals surface area contributed by atoms with Crippen molar-refractivity contribution in [3.63, 3.8) is 0 Å². The van der Waals surface area contributed by atoms with Gasteiger partial charge in [-0.2, -0.15) is 13.2 Å². The van der Waals surface area contributed by atoms with Crippen molar-refractivity contribution in [2.24, 2.45) is 0 Å². The lowest BCUT2D eigenvalue weighted by Gasteiger charge is -2.07. The molecule has 114 valence electrons. The molecule has 2 aromatic heterocycles. The van der Waals surface area contributed by atoms with Crippen LogP contribution in [-0.2, 0) is 6.54 Å². The largest absolute Gasteiger partial charge is 0.492 e. The lowest BCUT2D eigenvalue weighted by Crippen LogP contribution is -2.10. The van der Waals surface area contributed by atoms with E-state index in [0.717, 1.165) is 12.2 Å². The number of halogens is 3. The van der Waals surface area contributed by atoms with E-state index in [1.165, 1.54) is 12.1 Å². The molecule has 0 unspecified atom stereocenters. The van der Waals surface area contributed by atoms with Gasteiger partial charge >= 0.3 is 6.18 Å². The number of rotatable bonds is 1. The first-order chi connectivity index (χ1) is 10.4. The average molecular weight is 308 g/mol. The van der Waals surface area contributed by atoms with Crippen molar-refractivity contribution < 1.29 is 18.3 Å². The highest BCUT2D eigenvalue weighted by molar-refractivity contribution is 5.62. The van der Waals surface area contributed by atoms with Gasteiger partial charge < -0.3 is 9.67 Å². The van der Waals surface area contributed by atoms with Gasteiger partial charge in [0, 0.05) is 18.3 Å². The van der Waals surface area contributed by atoms with E-state index in [1.807, 2.05) is 0 Å². The number of hydrogen-bond acceptors (Lipinski definition) is 4. The predicted molar refractivity (Wildman–Crippen MR) is 72.8 cm³/mol. The summed E-state index contributed by atoms with van der Waals surface area (Å²) in [5, 5.41) is 16.5. The summed E-state index contributed by atoms with van der Waals surface area (Å²) in [5.74, 6) is 0.206. The Kier molecular flexibility index (Phi) is 3.23. The number of aromatic nitrogens is 4. The van der Waals surface area contributed by atoms with E-state index in [1.54, 1.807) is 17.6 Å². The van der Waals surface area contributed by atoms with Crippen LogP contribution < -0.4 is 0 Å². The Morgan fingerprint density at radius 2 is 1.95 bits per heavy atom. The SMILES string of the molecule is Cc1c(-c2ccc(O)nn2)nc2n1CC=C(C(F)(F)F)C=C2. The van der Waals surface area contributed by atoms with E-state index in [0.29, 0.717) is 22.9 Å². The van der Waals surface area contributed by atoms with Crippen LogP contribution in [0, 0.1) is 6.92 Å². The Morgan fingerprint density at radius 1 is 1.18 bits per heavy atom. The Bertz CT molecular complexity index is 773. The summed E-state index contributed by atoms with van der Waals surface area (Å²) in [4.78, 5) is 4.32. The first-order valence-corrected chi connectivity index (χ1v) is 6.42. The van der Waals surface area contributed by atoms with Crippen molar-refractivity contribution in [1.29, 1.82) is 0 Å². The maximum Gasteiger partial charge on any atom is 0.416 e. The summed E-state index contributed by atoms with van der Waals surface area (Å²) in [6.07, 6.45) is -0.915. The van der Waals surface area contributed by atoms with Crippen LogP contribution in [-0.4, -0.2) is 31.0 Å². The molecule has 0 aromatic carbocycles. The van der Waals surface area contributed by atoms with Gasteiger partial charge in [0.2, 0.25) is 5.88 Å². The van der Waals surface area contributed by atoms with Crippen LogP contribution in [0.4, 0.5) is 13.2 Å². The topological polar surface area (TPSA) is 63.8 Å². The van der Waals surface area contributed by atoms with E-state index in [2.05, 4.69) is 15.2 Å². The van der Waals surface area contributed by atoms with Crippen LogP contribution in [0.5, 0.6) is 5.88 Å². The maximum absolute atomic E-state index is 12.7. The zero-order valence-corrected chi connectivity index (χ0v) is 11.5. The van der Waals surface area contributed by atoms with Crippen molar-refractivity contribution in [2.45, 2.75) is 19.6 Å². The quantitative estimate of drug-likeness (QED) is 0.880. The zero-order valence-electron chi connectivity index (χ0n) is 11.5. The number of imidazole rings is 1. The summed E-state index contributed by atoms with van der Waals surface area (Å²) in [6, 6.07) is 2.93. The molecule has 1 N–H and O–H groups in total. The number of aromatic hydroxyl groups is 1. The molecule has 3 heterocycles. The monoisotopic (exact) mass is 308 g/mol. The van der Waals surface area contributed by atoms with Gasteiger partial charge in [0.15, 0.2) is 0 Å². The molecule has 0 saturated carbocycles. The Balaban J connectivity index is 2.01. The molecular weight excluding hydrogens is 297 g/mol. The van der Waals surface area contributed by atoms with Crippen LogP contribution in [0.25, 0.3) is 17.5 Å². The molecule has 0 spiro atoms. The van der Waals surface area contributed by atoms with E-state index in [4.69, 9.17) is 5.11 Å². The smallest absolute Gasteiger partial charge is 0.416 e. The van der Waals surface area contributed by atoms with Gasteiger partial charge in [-0.25, -0.2) is 4.98 Å². The second kappa shape index (κ2) is 4.97. The summed E-state index contributed by atoms with van der Waals surface area (Å²) in [5.41, 5.74) is 0.961. The minimum absolute atomic E-state index is 0.0710. The highest BCUT2D eigenvalue weighted by atomic mass is 19.4. The molecule has 22 heavy (non-hydrogen) atoms. The number of allylic oxidation sites excluding steroid dienone is 3. The standard InChI is InChI=1S/C14H11F3N4O/c1-8-13(10-3-5-12(22)20-19-10)18-11-4-2-9(14(15,16)17)6-7-21(8)11/h2-6H,7H2,1H3,(H,20,22). The molecule has 0 radical (unpaired) electrons. The molecule has 8 heteroatoms. The van der Waals surface area contributed by atoms with Gasteiger partial charge in [0.25, 0.3) is 0 Å². The van der Waals surface area contributed by atoms with E-state index in [-0.39, 0.29) is 12.4 Å². The van der Waals surface area contributed by atoms with Crippen LogP contribution in [0.3, 0.4) is 0 Å². The van der Waals surface area contributed by atoms with Crippen LogP contribution in [0.2, 0.25) is 0 Å². The zero-order chi connectivity index (χ0) is 15.9. The molecule has 0 amide bonds. The molecule has 0 bridgehead atoms. The average Bonchev–Trinajstić information content (AvgIpc) is 2.64. The minimum atomic E-state index is -4.38. The normalized spacial score (nSPS) is 14.5. The number of alkyl halides is 3. The Labute approximate surface area is 123 Å². The van der Waals surface area contributed by atoms with Gasteiger partial charge in [0.1, 0.15) is 17.2 Å². The van der Waals surface area contributed by atoms with Crippen LogP contribution >= 0.6 is 0 Å². The fraction of sp³-hybridized carbons (Fsp3) is 0.214. The minimum Gasteiger partial charge on any atom is -0.492 e. The molecule has 5 nitrogen and oxygen atoms in total. The van der Waals surface area contributed by atoms with Gasteiger partial charge in [-0.15, -0.1) is 10.2 Å². The lowest BCUT2D eigenvalue weighted by molar-refractivity contribution is -0.0883. The van der Waals surface area contributed by atoms with Crippen molar-refractivity contribution >= 4 is 6.08 Å². The second-order valence-electron chi connectivity index (χ2n) is 4.78. The molecule has 0 saturated heterocycles. The number of hydrogen-bond donors (Lipinski definition) is 1. The molecule has 0 fully saturated rings. The highest BCUT2D eigenvalue weighted by Crippen LogP contribution is 2.30. The first-order valence-electron chi connectivity index (χ1n) is 6.42. The van der Waals surface area contributed by atoms with Crippen LogP contribution in [0.15, 0.2) is 29.9 Å².